The van der Waals surface area contributed by atoms with Gasteiger partial charge in [0, 0.05) is 12.1 Å². The molecule has 2 N–H and O–H groups in total. The van der Waals surface area contributed by atoms with E-state index in [4.69, 9.17) is 9.52 Å². The predicted molar refractivity (Wildman–Crippen MR) is 63.6 cm³/mol. The maximum atomic E-state index is 10.9. The third-order valence-electron chi connectivity index (χ3n) is 2.43. The number of furan rings is 1. The second-order valence-corrected chi connectivity index (χ2v) is 3.70. The molecule has 1 amide bonds. The van der Waals surface area contributed by atoms with Gasteiger partial charge < -0.3 is 14.8 Å². The molecule has 5 nitrogen and oxygen atoms in total. The lowest BCUT2D eigenvalue weighted by Gasteiger charge is -2.04. The van der Waals surface area contributed by atoms with E-state index < -0.39 is 11.9 Å². The number of carboxylic acid groups (broad SMARTS) is 1. The van der Waals surface area contributed by atoms with Gasteiger partial charge in [-0.15, -0.1) is 0 Å². The van der Waals surface area contributed by atoms with Crippen LogP contribution < -0.4 is 5.32 Å². The molecule has 0 saturated carbocycles. The van der Waals surface area contributed by atoms with Crippen molar-refractivity contribution in [3.8, 4) is 11.1 Å². The van der Waals surface area contributed by atoms with Crippen molar-refractivity contribution in [2.75, 3.05) is 0 Å². The summed E-state index contributed by atoms with van der Waals surface area (Å²) < 4.78 is 4.99. The molecule has 0 saturated heterocycles. The molecule has 0 radical (unpaired) electrons. The van der Waals surface area contributed by atoms with Crippen molar-refractivity contribution in [1.82, 2.24) is 5.32 Å². The minimum atomic E-state index is -1.49. The van der Waals surface area contributed by atoms with Crippen LogP contribution in [-0.2, 0) is 16.1 Å². The van der Waals surface area contributed by atoms with Gasteiger partial charge in [0.2, 0.25) is 0 Å². The topological polar surface area (TPSA) is 79.5 Å². The molecule has 0 bridgehead atoms. The number of carbonyl (C=O) groups is 2. The summed E-state index contributed by atoms with van der Waals surface area (Å²) in [7, 11) is 0. The van der Waals surface area contributed by atoms with E-state index in [2.05, 4.69) is 5.32 Å². The first kappa shape index (κ1) is 11.9. The Morgan fingerprint density at radius 2 is 2.06 bits per heavy atom. The highest BCUT2D eigenvalue weighted by atomic mass is 16.4. The third kappa shape index (κ3) is 2.76. The van der Waals surface area contributed by atoms with Gasteiger partial charge in [-0.2, -0.15) is 0 Å². The van der Waals surface area contributed by atoms with Gasteiger partial charge in [0.15, 0.2) is 0 Å². The molecule has 0 aliphatic heterocycles. The Kier molecular flexibility index (Phi) is 3.43. The summed E-state index contributed by atoms with van der Waals surface area (Å²) >= 11 is 0. The molecule has 0 spiro atoms. The molecule has 18 heavy (non-hydrogen) atoms. The number of hydrogen-bond acceptors (Lipinski definition) is 3. The number of rotatable bonds is 3. The van der Waals surface area contributed by atoms with Crippen LogP contribution in [0.15, 0.2) is 47.3 Å². The summed E-state index contributed by atoms with van der Waals surface area (Å²) in [5.74, 6) is -2.50. The first-order valence-corrected chi connectivity index (χ1v) is 5.29. The highest BCUT2D eigenvalue weighted by molar-refractivity contribution is 6.31. The normalized spacial score (nSPS) is 10.0. The zero-order valence-corrected chi connectivity index (χ0v) is 9.42. The van der Waals surface area contributed by atoms with Crippen molar-refractivity contribution in [2.24, 2.45) is 0 Å². The Bertz CT molecular complexity index is 560. The molecular weight excluding hydrogens is 234 g/mol. The number of carbonyl (C=O) groups excluding carboxylic acids is 1. The first-order chi connectivity index (χ1) is 8.66. The van der Waals surface area contributed by atoms with Crippen molar-refractivity contribution in [3.05, 3.63) is 48.4 Å². The van der Waals surface area contributed by atoms with E-state index in [0.717, 1.165) is 16.7 Å². The van der Waals surface area contributed by atoms with E-state index in [1.54, 1.807) is 12.5 Å². The van der Waals surface area contributed by atoms with Crippen LogP contribution in [0.5, 0.6) is 0 Å². The van der Waals surface area contributed by atoms with Gasteiger partial charge in [0.25, 0.3) is 0 Å². The van der Waals surface area contributed by atoms with Crippen molar-refractivity contribution < 1.29 is 19.1 Å². The molecular formula is C13H11NO4. The molecule has 0 aliphatic rings. The minimum absolute atomic E-state index is 0.177. The predicted octanol–water partition coefficient (Wildman–Crippen LogP) is 1.65. The third-order valence-corrected chi connectivity index (χ3v) is 2.43. The van der Waals surface area contributed by atoms with Crippen LogP contribution >= 0.6 is 0 Å². The van der Waals surface area contributed by atoms with E-state index in [1.165, 1.54) is 0 Å². The van der Waals surface area contributed by atoms with Crippen LogP contribution in [0.25, 0.3) is 11.1 Å². The lowest BCUT2D eigenvalue weighted by Crippen LogP contribution is -2.30. The Hall–Kier alpha value is -2.56. The Morgan fingerprint density at radius 3 is 2.72 bits per heavy atom. The fourth-order valence-corrected chi connectivity index (χ4v) is 1.55. The minimum Gasteiger partial charge on any atom is -0.474 e. The highest BCUT2D eigenvalue weighted by Crippen LogP contribution is 2.20. The monoisotopic (exact) mass is 245 g/mol. The standard InChI is InChI=1S/C13H11NO4/c15-12(13(16)17)14-7-9-2-1-3-10(6-9)11-4-5-18-8-11/h1-6,8H,7H2,(H,14,15)(H,16,17). The van der Waals surface area contributed by atoms with Crippen LogP contribution in [0.4, 0.5) is 0 Å². The van der Waals surface area contributed by atoms with Gasteiger partial charge in [0.1, 0.15) is 0 Å². The van der Waals surface area contributed by atoms with Gasteiger partial charge in [-0.05, 0) is 23.3 Å². The maximum absolute atomic E-state index is 10.9. The Labute approximate surface area is 103 Å². The molecule has 1 heterocycles. The number of nitrogens with one attached hydrogen (secondary N) is 1. The molecule has 2 rings (SSSR count). The van der Waals surface area contributed by atoms with Crippen molar-refractivity contribution >= 4 is 11.9 Å². The zero-order valence-electron chi connectivity index (χ0n) is 9.42. The summed E-state index contributed by atoms with van der Waals surface area (Å²) in [5, 5.41) is 10.7. The highest BCUT2D eigenvalue weighted by Gasteiger charge is 2.10. The number of amides is 1. The van der Waals surface area contributed by atoms with Crippen LogP contribution in [0.1, 0.15) is 5.56 Å². The van der Waals surface area contributed by atoms with Crippen LogP contribution in [0, 0.1) is 0 Å². The Balaban J connectivity index is 2.09. The van der Waals surface area contributed by atoms with Crippen LogP contribution in [0.2, 0.25) is 0 Å². The molecule has 1 aromatic carbocycles. The smallest absolute Gasteiger partial charge is 0.394 e. The first-order valence-electron chi connectivity index (χ1n) is 5.29. The molecule has 0 unspecified atom stereocenters. The van der Waals surface area contributed by atoms with E-state index >= 15 is 0 Å². The van der Waals surface area contributed by atoms with Crippen LogP contribution in [-0.4, -0.2) is 17.0 Å². The molecule has 2 aromatic rings. The molecule has 5 heteroatoms. The number of aliphatic carboxylic acids is 1. The summed E-state index contributed by atoms with van der Waals surface area (Å²) in [6.45, 7) is 0.177. The van der Waals surface area contributed by atoms with E-state index in [1.807, 2.05) is 30.3 Å². The molecule has 92 valence electrons. The fourth-order valence-electron chi connectivity index (χ4n) is 1.55. The largest absolute Gasteiger partial charge is 0.474 e. The lowest BCUT2D eigenvalue weighted by atomic mass is 10.1. The number of benzene rings is 1. The zero-order chi connectivity index (χ0) is 13.0. The summed E-state index contributed by atoms with van der Waals surface area (Å²) in [5.41, 5.74) is 2.70. The van der Waals surface area contributed by atoms with E-state index in [-0.39, 0.29) is 6.54 Å². The molecule has 0 aliphatic carbocycles. The molecule has 1 aromatic heterocycles. The number of carboxylic acids is 1. The molecule has 0 fully saturated rings. The van der Waals surface area contributed by atoms with Gasteiger partial charge in [-0.25, -0.2) is 4.79 Å². The Morgan fingerprint density at radius 1 is 1.22 bits per heavy atom. The van der Waals surface area contributed by atoms with Crippen LogP contribution in [0.3, 0.4) is 0 Å². The average Bonchev–Trinajstić information content (AvgIpc) is 2.90. The molecule has 0 atom stereocenters. The number of hydrogen-bond donors (Lipinski definition) is 2. The summed E-state index contributed by atoms with van der Waals surface area (Å²) in [4.78, 5) is 21.3. The quantitative estimate of drug-likeness (QED) is 0.806. The van der Waals surface area contributed by atoms with Gasteiger partial charge in [-0.1, -0.05) is 18.2 Å². The van der Waals surface area contributed by atoms with E-state index in [0.29, 0.717) is 0 Å². The van der Waals surface area contributed by atoms with E-state index in [9.17, 15) is 9.59 Å². The van der Waals surface area contributed by atoms with Crippen molar-refractivity contribution in [2.45, 2.75) is 6.54 Å². The average molecular weight is 245 g/mol. The van der Waals surface area contributed by atoms with Gasteiger partial charge in [-0.3, -0.25) is 4.79 Å². The van der Waals surface area contributed by atoms with Crippen molar-refractivity contribution in [3.63, 3.8) is 0 Å². The van der Waals surface area contributed by atoms with Crippen molar-refractivity contribution in [1.29, 1.82) is 0 Å². The van der Waals surface area contributed by atoms with Gasteiger partial charge >= 0.3 is 11.9 Å². The second-order valence-electron chi connectivity index (χ2n) is 3.70. The SMILES string of the molecule is O=C(O)C(=O)NCc1cccc(-c2ccoc2)c1. The second kappa shape index (κ2) is 5.18. The summed E-state index contributed by atoms with van der Waals surface area (Å²) in [6.07, 6.45) is 3.20. The lowest BCUT2D eigenvalue weighted by molar-refractivity contribution is -0.150. The summed E-state index contributed by atoms with van der Waals surface area (Å²) in [6, 6.07) is 9.26. The fraction of sp³-hybridized carbons (Fsp3) is 0.0769. The van der Waals surface area contributed by atoms with Gasteiger partial charge in [0.05, 0.1) is 12.5 Å². The maximum Gasteiger partial charge on any atom is 0.394 e.